The Bertz CT molecular complexity index is 2410. The SMILES string of the molecule is c1ccc(-n2c3ccccc3c3cc(-c4ccc5c(c4)c4oc6ccccc6c4n5-c4ccccc4)ccc32)cc1. The van der Waals surface area contributed by atoms with Gasteiger partial charge in [-0.25, -0.2) is 0 Å². The summed E-state index contributed by atoms with van der Waals surface area (Å²) in [6, 6.07) is 51.7. The molecule has 3 aromatic heterocycles. The highest BCUT2D eigenvalue weighted by atomic mass is 16.3. The van der Waals surface area contributed by atoms with Crippen molar-refractivity contribution in [1.82, 2.24) is 9.13 Å². The number of rotatable bonds is 3. The predicted molar refractivity (Wildman–Crippen MR) is 170 cm³/mol. The van der Waals surface area contributed by atoms with Crippen LogP contribution < -0.4 is 0 Å². The molecule has 0 unspecified atom stereocenters. The Labute approximate surface area is 236 Å². The molecule has 0 spiro atoms. The van der Waals surface area contributed by atoms with Gasteiger partial charge in [0.15, 0.2) is 5.58 Å². The highest BCUT2D eigenvalue weighted by molar-refractivity contribution is 6.17. The normalized spacial score (nSPS) is 11.9. The van der Waals surface area contributed by atoms with E-state index in [1.165, 1.54) is 38.6 Å². The Morgan fingerprint density at radius 3 is 1.66 bits per heavy atom. The van der Waals surface area contributed by atoms with Crippen molar-refractivity contribution < 1.29 is 4.42 Å². The lowest BCUT2D eigenvalue weighted by Gasteiger charge is -2.09. The first-order chi connectivity index (χ1) is 20.3. The lowest BCUT2D eigenvalue weighted by atomic mass is 10.0. The number of benzene rings is 6. The van der Waals surface area contributed by atoms with Crippen molar-refractivity contribution in [3.8, 4) is 22.5 Å². The number of hydrogen-bond donors (Lipinski definition) is 0. The summed E-state index contributed by atoms with van der Waals surface area (Å²) in [7, 11) is 0. The van der Waals surface area contributed by atoms with Crippen LogP contribution in [-0.2, 0) is 0 Å². The van der Waals surface area contributed by atoms with Crippen LogP contribution >= 0.6 is 0 Å². The highest BCUT2D eigenvalue weighted by Gasteiger charge is 2.20. The largest absolute Gasteiger partial charge is 0.454 e. The summed E-state index contributed by atoms with van der Waals surface area (Å²) in [5, 5.41) is 4.74. The van der Waals surface area contributed by atoms with Gasteiger partial charge >= 0.3 is 0 Å². The molecular weight excluding hydrogens is 500 g/mol. The molecule has 0 radical (unpaired) electrons. The van der Waals surface area contributed by atoms with Crippen LogP contribution in [0.15, 0.2) is 150 Å². The number of nitrogens with zero attached hydrogens (tertiary/aromatic N) is 2. The van der Waals surface area contributed by atoms with E-state index in [0.29, 0.717) is 0 Å². The molecule has 0 saturated heterocycles. The third-order valence-electron chi connectivity index (χ3n) is 8.31. The molecule has 0 amide bonds. The summed E-state index contributed by atoms with van der Waals surface area (Å²) in [5.41, 5.74) is 11.2. The molecule has 0 aliphatic carbocycles. The molecule has 0 saturated carbocycles. The molecule has 0 fully saturated rings. The maximum absolute atomic E-state index is 6.51. The van der Waals surface area contributed by atoms with Gasteiger partial charge in [0.1, 0.15) is 11.1 Å². The van der Waals surface area contributed by atoms with Gasteiger partial charge in [-0.15, -0.1) is 0 Å². The number of aromatic nitrogens is 2. The van der Waals surface area contributed by atoms with Crippen LogP contribution in [0, 0.1) is 0 Å². The van der Waals surface area contributed by atoms with Crippen LogP contribution in [0.2, 0.25) is 0 Å². The van der Waals surface area contributed by atoms with Gasteiger partial charge in [-0.1, -0.05) is 78.9 Å². The fourth-order valence-corrected chi connectivity index (χ4v) is 6.50. The molecule has 3 heteroatoms. The molecule has 0 aliphatic heterocycles. The molecule has 192 valence electrons. The van der Waals surface area contributed by atoms with Crippen molar-refractivity contribution in [3.05, 3.63) is 146 Å². The molecule has 41 heavy (non-hydrogen) atoms. The maximum Gasteiger partial charge on any atom is 0.161 e. The van der Waals surface area contributed by atoms with Crippen LogP contribution in [0.3, 0.4) is 0 Å². The highest BCUT2D eigenvalue weighted by Crippen LogP contribution is 2.41. The summed E-state index contributed by atoms with van der Waals surface area (Å²) in [6.45, 7) is 0. The van der Waals surface area contributed by atoms with Crippen molar-refractivity contribution in [3.63, 3.8) is 0 Å². The second-order valence-corrected chi connectivity index (χ2v) is 10.6. The van der Waals surface area contributed by atoms with Gasteiger partial charge in [0, 0.05) is 32.9 Å². The topological polar surface area (TPSA) is 23.0 Å². The first-order valence-electron chi connectivity index (χ1n) is 14.0. The lowest BCUT2D eigenvalue weighted by molar-refractivity contribution is 0.673. The van der Waals surface area contributed by atoms with E-state index in [2.05, 4.69) is 149 Å². The van der Waals surface area contributed by atoms with Gasteiger partial charge in [0.2, 0.25) is 0 Å². The Morgan fingerprint density at radius 1 is 0.390 bits per heavy atom. The number of hydrogen-bond acceptors (Lipinski definition) is 1. The number of para-hydroxylation sites is 4. The fourth-order valence-electron chi connectivity index (χ4n) is 6.50. The number of furan rings is 1. The van der Waals surface area contributed by atoms with E-state index in [4.69, 9.17) is 4.42 Å². The summed E-state index contributed by atoms with van der Waals surface area (Å²) >= 11 is 0. The van der Waals surface area contributed by atoms with Gasteiger partial charge in [0.05, 0.1) is 16.6 Å². The van der Waals surface area contributed by atoms with Crippen molar-refractivity contribution in [2.24, 2.45) is 0 Å². The van der Waals surface area contributed by atoms with Crippen LogP contribution in [0.25, 0.3) is 77.3 Å². The predicted octanol–water partition coefficient (Wildman–Crippen LogP) is 10.3. The molecule has 9 aromatic rings. The Morgan fingerprint density at radius 2 is 0.927 bits per heavy atom. The van der Waals surface area contributed by atoms with Gasteiger partial charge in [0.25, 0.3) is 0 Å². The second-order valence-electron chi connectivity index (χ2n) is 10.6. The lowest BCUT2D eigenvalue weighted by Crippen LogP contribution is -1.93. The smallest absolute Gasteiger partial charge is 0.161 e. The minimum Gasteiger partial charge on any atom is -0.454 e. The fraction of sp³-hybridized carbons (Fsp3) is 0. The third-order valence-corrected chi connectivity index (χ3v) is 8.31. The van der Waals surface area contributed by atoms with Crippen molar-refractivity contribution in [2.75, 3.05) is 0 Å². The van der Waals surface area contributed by atoms with Crippen LogP contribution in [0.5, 0.6) is 0 Å². The molecule has 0 aliphatic rings. The molecule has 3 heterocycles. The average molecular weight is 525 g/mol. The van der Waals surface area contributed by atoms with E-state index in [0.717, 1.165) is 38.7 Å². The van der Waals surface area contributed by atoms with Crippen LogP contribution in [-0.4, -0.2) is 9.13 Å². The third kappa shape index (κ3) is 3.20. The van der Waals surface area contributed by atoms with Gasteiger partial charge in [-0.2, -0.15) is 0 Å². The zero-order chi connectivity index (χ0) is 26.9. The quantitative estimate of drug-likeness (QED) is 0.225. The summed E-state index contributed by atoms with van der Waals surface area (Å²) in [5.74, 6) is 0. The van der Waals surface area contributed by atoms with Crippen LogP contribution in [0.1, 0.15) is 0 Å². The monoisotopic (exact) mass is 524 g/mol. The standard InChI is InChI=1S/C38H24N2O/c1-3-11-27(12-4-1)39-33-17-9-7-15-29(33)31-23-25(19-21-34(31)39)26-20-22-35-32(24-26)38-37(30-16-8-10-18-36(30)41-38)40(35)28-13-5-2-6-14-28/h1-24H. The van der Waals surface area contributed by atoms with Gasteiger partial charge in [-0.05, 0) is 77.9 Å². The molecule has 0 N–H and O–H groups in total. The van der Waals surface area contributed by atoms with E-state index in [1.807, 2.05) is 6.07 Å². The van der Waals surface area contributed by atoms with E-state index in [9.17, 15) is 0 Å². The molecule has 6 aromatic carbocycles. The van der Waals surface area contributed by atoms with Crippen molar-refractivity contribution in [1.29, 1.82) is 0 Å². The van der Waals surface area contributed by atoms with Crippen LogP contribution in [0.4, 0.5) is 0 Å². The van der Waals surface area contributed by atoms with Gasteiger partial charge in [-0.3, -0.25) is 0 Å². The molecular formula is C38H24N2O. The Hall–Kier alpha value is -5.54. The van der Waals surface area contributed by atoms with Crippen molar-refractivity contribution >= 4 is 54.8 Å². The minimum absolute atomic E-state index is 0.907. The summed E-state index contributed by atoms with van der Waals surface area (Å²) in [6.07, 6.45) is 0. The molecule has 9 rings (SSSR count). The number of fused-ring (bicyclic) bond motifs is 8. The van der Waals surface area contributed by atoms with E-state index < -0.39 is 0 Å². The van der Waals surface area contributed by atoms with E-state index in [1.54, 1.807) is 0 Å². The Balaban J connectivity index is 1.30. The van der Waals surface area contributed by atoms with Crippen molar-refractivity contribution in [2.45, 2.75) is 0 Å². The zero-order valence-corrected chi connectivity index (χ0v) is 22.2. The second kappa shape index (κ2) is 8.48. The first-order valence-corrected chi connectivity index (χ1v) is 14.0. The zero-order valence-electron chi connectivity index (χ0n) is 22.2. The minimum atomic E-state index is 0.907. The molecule has 0 atom stereocenters. The van der Waals surface area contributed by atoms with E-state index in [-0.39, 0.29) is 0 Å². The summed E-state index contributed by atoms with van der Waals surface area (Å²) in [4.78, 5) is 0. The Kier molecular flexibility index (Phi) is 4.61. The molecule has 0 bridgehead atoms. The van der Waals surface area contributed by atoms with E-state index >= 15 is 0 Å². The molecule has 3 nitrogen and oxygen atoms in total. The summed E-state index contributed by atoms with van der Waals surface area (Å²) < 4.78 is 11.2. The average Bonchev–Trinajstić information content (AvgIpc) is 3.68. The maximum atomic E-state index is 6.51. The first kappa shape index (κ1) is 22.3. The van der Waals surface area contributed by atoms with Gasteiger partial charge < -0.3 is 13.6 Å².